The molecule has 0 spiro atoms. The topological polar surface area (TPSA) is 79.5 Å². The molecular formula is C24H27N3O3. The van der Waals surface area contributed by atoms with Crippen LogP contribution in [0.2, 0.25) is 0 Å². The van der Waals surface area contributed by atoms with Gasteiger partial charge in [0.1, 0.15) is 11.3 Å². The van der Waals surface area contributed by atoms with Crippen LogP contribution in [0.5, 0.6) is 5.75 Å². The highest BCUT2D eigenvalue weighted by Gasteiger charge is 2.24. The number of methoxy groups -OCH3 is 1. The third-order valence-electron chi connectivity index (χ3n) is 4.93. The van der Waals surface area contributed by atoms with Gasteiger partial charge in [-0.25, -0.2) is 4.79 Å². The van der Waals surface area contributed by atoms with Crippen molar-refractivity contribution in [1.29, 1.82) is 0 Å². The molecule has 0 saturated carbocycles. The Balaban J connectivity index is 1.99. The molecule has 0 aromatic heterocycles. The van der Waals surface area contributed by atoms with E-state index in [1.807, 2.05) is 54.6 Å². The molecule has 0 aliphatic heterocycles. The molecule has 0 aliphatic rings. The van der Waals surface area contributed by atoms with Crippen molar-refractivity contribution in [2.75, 3.05) is 24.8 Å². The minimum absolute atomic E-state index is 0.197. The molecule has 156 valence electrons. The largest absolute Gasteiger partial charge is 0.496 e. The average Bonchev–Trinajstić information content (AvgIpc) is 2.72. The minimum Gasteiger partial charge on any atom is -0.496 e. The molecule has 0 heterocycles. The van der Waals surface area contributed by atoms with Crippen LogP contribution in [0.1, 0.15) is 36.7 Å². The highest BCUT2D eigenvalue weighted by atomic mass is 16.5. The van der Waals surface area contributed by atoms with E-state index in [4.69, 9.17) is 4.74 Å². The second kappa shape index (κ2) is 8.45. The first kappa shape index (κ1) is 21.2. The molecule has 6 heteroatoms. The number of anilines is 2. The van der Waals surface area contributed by atoms with Crippen LogP contribution >= 0.6 is 0 Å². The van der Waals surface area contributed by atoms with E-state index in [2.05, 4.69) is 36.7 Å². The van der Waals surface area contributed by atoms with Crippen molar-refractivity contribution in [1.82, 2.24) is 5.32 Å². The number of rotatable bonds is 4. The summed E-state index contributed by atoms with van der Waals surface area (Å²) >= 11 is 0. The molecule has 3 aromatic carbocycles. The summed E-state index contributed by atoms with van der Waals surface area (Å²) in [4.78, 5) is 25.4. The molecule has 30 heavy (non-hydrogen) atoms. The molecule has 0 saturated heterocycles. The average molecular weight is 405 g/mol. The van der Waals surface area contributed by atoms with Crippen molar-refractivity contribution in [2.45, 2.75) is 26.2 Å². The maximum Gasteiger partial charge on any atom is 0.323 e. The van der Waals surface area contributed by atoms with Gasteiger partial charge in [0.2, 0.25) is 0 Å². The van der Waals surface area contributed by atoms with Gasteiger partial charge in [0.05, 0.1) is 18.5 Å². The van der Waals surface area contributed by atoms with Crippen LogP contribution < -0.4 is 20.7 Å². The first-order chi connectivity index (χ1) is 14.2. The fraction of sp³-hybridized carbons (Fsp3) is 0.250. The van der Waals surface area contributed by atoms with Crippen LogP contribution in [0.25, 0.3) is 10.8 Å². The van der Waals surface area contributed by atoms with E-state index >= 15 is 0 Å². The molecule has 0 radical (unpaired) electrons. The van der Waals surface area contributed by atoms with Crippen LogP contribution in [0.3, 0.4) is 0 Å². The van der Waals surface area contributed by atoms with Crippen molar-refractivity contribution in [3.8, 4) is 5.75 Å². The number of carbonyl (C=O) groups excluding carboxylic acids is 2. The molecule has 0 bridgehead atoms. The van der Waals surface area contributed by atoms with Gasteiger partial charge in [-0.2, -0.15) is 0 Å². The van der Waals surface area contributed by atoms with Gasteiger partial charge in [0, 0.05) is 12.4 Å². The van der Waals surface area contributed by atoms with E-state index in [1.54, 1.807) is 7.05 Å². The predicted octanol–water partition coefficient (Wildman–Crippen LogP) is 5.15. The number of ether oxygens (including phenoxy) is 1. The number of benzene rings is 3. The normalized spacial score (nSPS) is 11.1. The van der Waals surface area contributed by atoms with Crippen LogP contribution in [-0.2, 0) is 5.41 Å². The van der Waals surface area contributed by atoms with Gasteiger partial charge in [0.15, 0.2) is 0 Å². The van der Waals surface area contributed by atoms with Crippen LogP contribution in [0.15, 0.2) is 54.6 Å². The summed E-state index contributed by atoms with van der Waals surface area (Å²) in [5.41, 5.74) is 2.09. The first-order valence-electron chi connectivity index (χ1n) is 9.75. The fourth-order valence-corrected chi connectivity index (χ4v) is 3.28. The Morgan fingerprint density at radius 3 is 2.23 bits per heavy atom. The molecule has 0 unspecified atom stereocenters. The van der Waals surface area contributed by atoms with E-state index in [9.17, 15) is 9.59 Å². The SMILES string of the molecule is CNC(=O)c1c(NC(=O)Nc2cccc3ccccc23)cc(C(C)(C)C)cc1OC. The van der Waals surface area contributed by atoms with E-state index in [0.717, 1.165) is 16.3 Å². The monoisotopic (exact) mass is 405 g/mol. The second-order valence-corrected chi connectivity index (χ2v) is 8.04. The quantitative estimate of drug-likeness (QED) is 0.562. The van der Waals surface area contributed by atoms with Gasteiger partial charge < -0.3 is 20.7 Å². The molecule has 0 fully saturated rings. The zero-order valence-corrected chi connectivity index (χ0v) is 17.9. The Hall–Kier alpha value is -3.54. The number of urea groups is 1. The Morgan fingerprint density at radius 2 is 1.57 bits per heavy atom. The smallest absolute Gasteiger partial charge is 0.323 e. The van der Waals surface area contributed by atoms with Crippen molar-refractivity contribution in [3.63, 3.8) is 0 Å². The Kier molecular flexibility index (Phi) is 5.96. The van der Waals surface area contributed by atoms with E-state index < -0.39 is 6.03 Å². The predicted molar refractivity (Wildman–Crippen MR) is 122 cm³/mol. The van der Waals surface area contributed by atoms with Crippen LogP contribution in [-0.4, -0.2) is 26.1 Å². The van der Waals surface area contributed by atoms with E-state index in [1.165, 1.54) is 7.11 Å². The molecule has 6 nitrogen and oxygen atoms in total. The number of nitrogens with one attached hydrogen (secondary N) is 3. The summed E-state index contributed by atoms with van der Waals surface area (Å²) in [6.45, 7) is 6.17. The number of hydrogen-bond donors (Lipinski definition) is 3. The van der Waals surface area contributed by atoms with Crippen molar-refractivity contribution in [3.05, 3.63) is 65.7 Å². The third-order valence-corrected chi connectivity index (χ3v) is 4.93. The van der Waals surface area contributed by atoms with Crippen molar-refractivity contribution < 1.29 is 14.3 Å². The molecule has 3 N–H and O–H groups in total. The zero-order chi connectivity index (χ0) is 21.9. The number of amides is 3. The Labute approximate surface area is 176 Å². The summed E-state index contributed by atoms with van der Waals surface area (Å²) in [5.74, 6) is 0.0648. The maximum absolute atomic E-state index is 12.9. The van der Waals surface area contributed by atoms with Crippen molar-refractivity contribution in [2.24, 2.45) is 0 Å². The van der Waals surface area contributed by atoms with E-state index in [-0.39, 0.29) is 16.9 Å². The number of hydrogen-bond acceptors (Lipinski definition) is 3. The zero-order valence-electron chi connectivity index (χ0n) is 17.9. The van der Waals surface area contributed by atoms with Crippen molar-refractivity contribution >= 4 is 34.1 Å². The van der Waals surface area contributed by atoms with Crippen LogP contribution in [0, 0.1) is 0 Å². The molecule has 3 aromatic rings. The molecule has 0 aliphatic carbocycles. The Bertz CT molecular complexity index is 1100. The van der Waals surface area contributed by atoms with Gasteiger partial charge in [-0.15, -0.1) is 0 Å². The number of fused-ring (bicyclic) bond motifs is 1. The summed E-state index contributed by atoms with van der Waals surface area (Å²) in [6, 6.07) is 16.7. The summed E-state index contributed by atoms with van der Waals surface area (Å²) in [6.07, 6.45) is 0. The summed E-state index contributed by atoms with van der Waals surface area (Å²) in [5, 5.41) is 10.3. The van der Waals surface area contributed by atoms with Gasteiger partial charge in [-0.3, -0.25) is 4.79 Å². The molecule has 3 rings (SSSR count). The van der Waals surface area contributed by atoms with Gasteiger partial charge >= 0.3 is 6.03 Å². The Morgan fingerprint density at radius 1 is 0.900 bits per heavy atom. The minimum atomic E-state index is -0.440. The second-order valence-electron chi connectivity index (χ2n) is 8.04. The first-order valence-corrected chi connectivity index (χ1v) is 9.75. The number of carbonyl (C=O) groups is 2. The highest BCUT2D eigenvalue weighted by Crippen LogP contribution is 2.34. The highest BCUT2D eigenvalue weighted by molar-refractivity contribution is 6.10. The maximum atomic E-state index is 12.9. The lowest BCUT2D eigenvalue weighted by molar-refractivity contribution is 0.0961. The summed E-state index contributed by atoms with van der Waals surface area (Å²) in [7, 11) is 3.05. The fourth-order valence-electron chi connectivity index (χ4n) is 3.28. The lowest BCUT2D eigenvalue weighted by Gasteiger charge is -2.23. The van der Waals surface area contributed by atoms with Gasteiger partial charge in [0.25, 0.3) is 5.91 Å². The van der Waals surface area contributed by atoms with Gasteiger partial charge in [-0.1, -0.05) is 57.2 Å². The molecular weight excluding hydrogens is 378 g/mol. The lowest BCUT2D eigenvalue weighted by atomic mass is 9.85. The van der Waals surface area contributed by atoms with Gasteiger partial charge in [-0.05, 0) is 34.6 Å². The summed E-state index contributed by atoms with van der Waals surface area (Å²) < 4.78 is 5.47. The standard InChI is InChI=1S/C24H27N3O3/c1-24(2,3)16-13-19(21(22(28)25-4)20(14-16)30-5)27-23(29)26-18-12-8-10-15-9-6-7-11-17(15)18/h6-14H,1-5H3,(H,25,28)(H2,26,27,29). The molecule has 0 atom stereocenters. The third kappa shape index (κ3) is 4.38. The molecule has 3 amide bonds. The van der Waals surface area contributed by atoms with Crippen LogP contribution in [0.4, 0.5) is 16.2 Å². The lowest BCUT2D eigenvalue weighted by Crippen LogP contribution is -2.26. The van der Waals surface area contributed by atoms with E-state index in [0.29, 0.717) is 17.1 Å².